The molecule has 0 rings (SSSR count). The topological polar surface area (TPSA) is 49.3 Å². The molecule has 0 unspecified atom stereocenters. The smallest absolute Gasteiger partial charge is 0.448 e. The molecule has 0 saturated carbocycles. The highest BCUT2D eigenvalue weighted by Crippen LogP contribution is 2.32. The first-order valence-corrected chi connectivity index (χ1v) is 4.00. The summed E-state index contributed by atoms with van der Waals surface area (Å²) in [5.41, 5.74) is 0. The summed E-state index contributed by atoms with van der Waals surface area (Å²) in [6.07, 6.45) is -5.58. The van der Waals surface area contributed by atoms with E-state index in [1.54, 1.807) is 0 Å². The monoisotopic (exact) mass is 257 g/mol. The Kier molecular flexibility index (Phi) is 4.41. The van der Waals surface area contributed by atoms with Gasteiger partial charge in [0.05, 0.1) is 0 Å². The molecule has 9 heteroatoms. The summed E-state index contributed by atoms with van der Waals surface area (Å²) < 4.78 is 48.5. The van der Waals surface area contributed by atoms with Crippen LogP contribution in [0.3, 0.4) is 0 Å². The fourth-order valence-electron chi connectivity index (χ4n) is 0.515. The van der Waals surface area contributed by atoms with Gasteiger partial charge in [-0.2, -0.15) is 13.2 Å². The Morgan fingerprint density at radius 1 is 1.36 bits per heavy atom. The molecule has 0 radical (unpaired) electrons. The lowest BCUT2D eigenvalue weighted by Crippen LogP contribution is -2.59. The average molecular weight is 258 g/mol. The Hall–Kier alpha value is -0.270. The van der Waals surface area contributed by atoms with Gasteiger partial charge in [0.25, 0.3) is 0 Å². The summed E-state index contributed by atoms with van der Waals surface area (Å²) in [4.78, 5) is 8.70. The molecule has 0 spiro atoms. The van der Waals surface area contributed by atoms with Crippen LogP contribution in [0, 0.1) is 0 Å². The van der Waals surface area contributed by atoms with Crippen LogP contribution in [0.25, 0.3) is 0 Å². The zero-order valence-electron chi connectivity index (χ0n) is 6.41. The van der Waals surface area contributed by atoms with E-state index in [4.69, 9.17) is 28.3 Å². The van der Waals surface area contributed by atoms with Gasteiger partial charge >= 0.3 is 17.9 Å². The number of rotatable bonds is 4. The highest BCUT2D eigenvalue weighted by atomic mass is 35.5. The second kappa shape index (κ2) is 4.50. The molecule has 0 aromatic heterocycles. The molecule has 0 fully saturated rings. The van der Waals surface area contributed by atoms with Crippen LogP contribution in [0.5, 0.6) is 0 Å². The van der Waals surface area contributed by atoms with Gasteiger partial charge in [-0.1, -0.05) is 0 Å². The lowest BCUT2D eigenvalue weighted by molar-refractivity contribution is -0.245. The van der Waals surface area contributed by atoms with Gasteiger partial charge in [0, 0.05) is 6.54 Å². The van der Waals surface area contributed by atoms with Crippen molar-refractivity contribution in [2.75, 3.05) is 6.54 Å². The van der Waals surface area contributed by atoms with Gasteiger partial charge < -0.3 is 5.11 Å². The molecule has 84 valence electrons. The van der Waals surface area contributed by atoms with Gasteiger partial charge in [-0.15, -0.1) is 23.2 Å². The predicted molar refractivity (Wildman–Crippen MR) is 41.0 cm³/mol. The SMILES string of the molecule is O=C(O)[C@@](F)(NCC(Cl)Cl)C(F)(F)F. The summed E-state index contributed by atoms with van der Waals surface area (Å²) in [6.45, 7) is -0.842. The van der Waals surface area contributed by atoms with E-state index in [9.17, 15) is 22.4 Å². The summed E-state index contributed by atoms with van der Waals surface area (Å²) in [7, 11) is 0. The first kappa shape index (κ1) is 13.7. The van der Waals surface area contributed by atoms with Gasteiger partial charge in [-0.05, 0) is 0 Å². The van der Waals surface area contributed by atoms with Crippen LogP contribution < -0.4 is 5.32 Å². The summed E-state index contributed by atoms with van der Waals surface area (Å²) >= 11 is 10.0. The van der Waals surface area contributed by atoms with Crippen LogP contribution in [0.4, 0.5) is 17.6 Å². The molecule has 0 bridgehead atoms. The zero-order valence-corrected chi connectivity index (χ0v) is 7.92. The number of carbonyl (C=O) groups is 1. The summed E-state index contributed by atoms with van der Waals surface area (Å²) in [5.74, 6) is -7.23. The van der Waals surface area contributed by atoms with E-state index < -0.39 is 29.3 Å². The van der Waals surface area contributed by atoms with E-state index in [1.165, 1.54) is 0 Å². The van der Waals surface area contributed by atoms with Crippen molar-refractivity contribution in [3.8, 4) is 0 Å². The number of hydrogen-bond donors (Lipinski definition) is 2. The van der Waals surface area contributed by atoms with Crippen LogP contribution in [-0.2, 0) is 4.79 Å². The van der Waals surface area contributed by atoms with Crippen molar-refractivity contribution in [3.05, 3.63) is 0 Å². The summed E-state index contributed by atoms with van der Waals surface area (Å²) in [5, 5.41) is 9.12. The molecular weight excluding hydrogens is 253 g/mol. The molecule has 0 aromatic rings. The van der Waals surface area contributed by atoms with E-state index in [0.717, 1.165) is 5.32 Å². The lowest BCUT2D eigenvalue weighted by atomic mass is 10.2. The van der Waals surface area contributed by atoms with Crippen molar-refractivity contribution in [2.24, 2.45) is 0 Å². The second-order valence-corrected chi connectivity index (χ2v) is 3.51. The molecule has 0 aliphatic carbocycles. The maximum Gasteiger partial charge on any atom is 0.448 e. The summed E-state index contributed by atoms with van der Waals surface area (Å²) in [6, 6.07) is 0. The third-order valence-electron chi connectivity index (χ3n) is 1.19. The molecule has 14 heavy (non-hydrogen) atoms. The fourth-order valence-corrected chi connectivity index (χ4v) is 0.669. The molecule has 0 aromatic carbocycles. The van der Waals surface area contributed by atoms with E-state index in [0.29, 0.717) is 0 Å². The normalized spacial score (nSPS) is 16.8. The quantitative estimate of drug-likeness (QED) is 0.458. The number of hydrogen-bond acceptors (Lipinski definition) is 2. The van der Waals surface area contributed by atoms with Crippen LogP contribution in [0.15, 0.2) is 0 Å². The van der Waals surface area contributed by atoms with Gasteiger partial charge in [-0.25, -0.2) is 9.18 Å². The van der Waals surface area contributed by atoms with Crippen molar-refractivity contribution >= 4 is 29.2 Å². The molecule has 1 atom stereocenters. The van der Waals surface area contributed by atoms with Crippen molar-refractivity contribution in [2.45, 2.75) is 16.8 Å². The standard InChI is InChI=1S/C5H5Cl2F4NO2/c6-2(7)1-12-4(8,3(13)14)5(9,10)11/h2,12H,1H2,(H,13,14)/t4-/m1/s1. The largest absolute Gasteiger partial charge is 0.478 e. The third-order valence-corrected chi connectivity index (χ3v) is 1.49. The minimum atomic E-state index is -5.58. The Bertz CT molecular complexity index is 222. The van der Waals surface area contributed by atoms with Crippen molar-refractivity contribution in [1.29, 1.82) is 0 Å². The Morgan fingerprint density at radius 2 is 1.79 bits per heavy atom. The first-order chi connectivity index (χ1) is 6.11. The van der Waals surface area contributed by atoms with Crippen LogP contribution in [0.1, 0.15) is 0 Å². The van der Waals surface area contributed by atoms with E-state index in [-0.39, 0.29) is 0 Å². The average Bonchev–Trinajstić information content (AvgIpc) is 1.97. The molecule has 0 aliphatic rings. The Labute approximate surface area is 86.0 Å². The number of alkyl halides is 6. The highest BCUT2D eigenvalue weighted by Gasteiger charge is 2.62. The minimum Gasteiger partial charge on any atom is -0.478 e. The molecular formula is C5H5Cl2F4NO2. The number of carboxylic acids is 1. The number of carboxylic acid groups (broad SMARTS) is 1. The zero-order chi connectivity index (χ0) is 11.6. The van der Waals surface area contributed by atoms with Gasteiger partial charge in [0.1, 0.15) is 4.84 Å². The van der Waals surface area contributed by atoms with Crippen LogP contribution >= 0.6 is 23.2 Å². The second-order valence-electron chi connectivity index (χ2n) is 2.23. The van der Waals surface area contributed by atoms with E-state index in [1.807, 2.05) is 0 Å². The molecule has 0 saturated heterocycles. The molecule has 0 aliphatic heterocycles. The maximum absolute atomic E-state index is 12.8. The fraction of sp³-hybridized carbons (Fsp3) is 0.800. The molecule has 0 amide bonds. The number of aliphatic carboxylic acids is 1. The number of nitrogens with one attached hydrogen (secondary N) is 1. The molecule has 3 nitrogen and oxygen atoms in total. The molecule has 2 N–H and O–H groups in total. The van der Waals surface area contributed by atoms with E-state index in [2.05, 4.69) is 0 Å². The van der Waals surface area contributed by atoms with Gasteiger partial charge in [0.2, 0.25) is 0 Å². The van der Waals surface area contributed by atoms with Gasteiger partial charge in [-0.3, -0.25) is 5.32 Å². The van der Waals surface area contributed by atoms with Crippen molar-refractivity contribution < 1.29 is 27.5 Å². The molecule has 0 heterocycles. The number of halogens is 6. The highest BCUT2D eigenvalue weighted by molar-refractivity contribution is 6.44. The van der Waals surface area contributed by atoms with Gasteiger partial charge in [0.15, 0.2) is 0 Å². The predicted octanol–water partition coefficient (Wildman–Crippen LogP) is 1.69. The Morgan fingerprint density at radius 3 is 2.00 bits per heavy atom. The third kappa shape index (κ3) is 3.14. The lowest BCUT2D eigenvalue weighted by Gasteiger charge is -2.24. The van der Waals surface area contributed by atoms with Crippen molar-refractivity contribution in [1.82, 2.24) is 5.32 Å². The minimum absolute atomic E-state index is 0.842. The maximum atomic E-state index is 12.8. The Balaban J connectivity index is 4.67. The first-order valence-electron chi connectivity index (χ1n) is 3.13. The van der Waals surface area contributed by atoms with Crippen LogP contribution in [0.2, 0.25) is 0 Å². The van der Waals surface area contributed by atoms with Crippen molar-refractivity contribution in [3.63, 3.8) is 0 Å². The van der Waals surface area contributed by atoms with Crippen LogP contribution in [-0.4, -0.2) is 34.4 Å². The van der Waals surface area contributed by atoms with E-state index >= 15 is 0 Å².